The minimum atomic E-state index is -3.57. The van der Waals surface area contributed by atoms with E-state index in [1.165, 1.54) is 6.92 Å². The quantitative estimate of drug-likeness (QED) is 0.612. The molecule has 0 atom stereocenters. The van der Waals surface area contributed by atoms with Gasteiger partial charge >= 0.3 is 10.1 Å². The van der Waals surface area contributed by atoms with Crippen molar-refractivity contribution in [2.24, 2.45) is 0 Å². The molecule has 0 spiro atoms. The van der Waals surface area contributed by atoms with Crippen LogP contribution >= 0.6 is 0 Å². The first-order chi connectivity index (χ1) is 12.8. The molecule has 2 aromatic rings. The molecule has 0 bridgehead atoms. The average molecular weight is 390 g/mol. The van der Waals surface area contributed by atoms with E-state index in [9.17, 15) is 13.2 Å². The number of amides is 1. The first-order valence-corrected chi connectivity index (χ1v) is 10.7. The van der Waals surface area contributed by atoms with Crippen molar-refractivity contribution in [3.8, 4) is 5.75 Å². The normalized spacial score (nSPS) is 11.4. The number of aryl methyl sites for hydroxylation is 1. The van der Waals surface area contributed by atoms with Gasteiger partial charge in [0.15, 0.2) is 0 Å². The lowest BCUT2D eigenvalue weighted by Crippen LogP contribution is -2.36. The van der Waals surface area contributed by atoms with Crippen molar-refractivity contribution < 1.29 is 17.4 Å². The third-order valence-corrected chi connectivity index (χ3v) is 5.40. The molecule has 0 heterocycles. The standard InChI is InChI=1S/C21H27NO4S/c1-4-27(24,25)26-20-12-8-11-19(15-20)16-22(17(2)3)21(23)14-13-18-9-6-5-7-10-18/h5-12,15,17H,4,13-14,16H2,1-3H3. The number of rotatable bonds is 9. The van der Waals surface area contributed by atoms with Gasteiger partial charge in [-0.3, -0.25) is 4.79 Å². The van der Waals surface area contributed by atoms with Crippen LogP contribution in [-0.2, 0) is 27.9 Å². The van der Waals surface area contributed by atoms with Crippen LogP contribution in [0.1, 0.15) is 38.3 Å². The van der Waals surface area contributed by atoms with Crippen molar-refractivity contribution in [1.82, 2.24) is 4.90 Å². The van der Waals surface area contributed by atoms with Crippen molar-refractivity contribution in [1.29, 1.82) is 0 Å². The number of benzene rings is 2. The van der Waals surface area contributed by atoms with E-state index >= 15 is 0 Å². The Kier molecular flexibility index (Phi) is 7.42. The van der Waals surface area contributed by atoms with Gasteiger partial charge in [0.2, 0.25) is 5.91 Å². The second kappa shape index (κ2) is 9.55. The van der Waals surface area contributed by atoms with Gasteiger partial charge in [-0.2, -0.15) is 8.42 Å². The van der Waals surface area contributed by atoms with Crippen molar-refractivity contribution in [3.05, 3.63) is 65.7 Å². The Morgan fingerprint density at radius 1 is 1.04 bits per heavy atom. The zero-order chi connectivity index (χ0) is 19.9. The predicted molar refractivity (Wildman–Crippen MR) is 107 cm³/mol. The van der Waals surface area contributed by atoms with Crippen LogP contribution in [0.3, 0.4) is 0 Å². The lowest BCUT2D eigenvalue weighted by Gasteiger charge is -2.27. The second-order valence-electron chi connectivity index (χ2n) is 6.68. The molecule has 6 heteroatoms. The minimum absolute atomic E-state index is 0.0391. The van der Waals surface area contributed by atoms with Crippen molar-refractivity contribution in [2.45, 2.75) is 46.2 Å². The highest BCUT2D eigenvalue weighted by Crippen LogP contribution is 2.19. The molecule has 0 saturated heterocycles. The van der Waals surface area contributed by atoms with E-state index in [4.69, 9.17) is 4.18 Å². The summed E-state index contributed by atoms with van der Waals surface area (Å²) < 4.78 is 28.4. The van der Waals surface area contributed by atoms with Gasteiger partial charge in [0, 0.05) is 19.0 Å². The zero-order valence-electron chi connectivity index (χ0n) is 16.1. The SMILES string of the molecule is CCS(=O)(=O)Oc1cccc(CN(C(=O)CCc2ccccc2)C(C)C)c1. The Labute approximate surface area is 162 Å². The van der Waals surface area contributed by atoms with Crippen LogP contribution in [0.5, 0.6) is 5.75 Å². The van der Waals surface area contributed by atoms with E-state index in [0.717, 1.165) is 11.1 Å². The Hall–Kier alpha value is -2.34. The lowest BCUT2D eigenvalue weighted by molar-refractivity contribution is -0.133. The maximum Gasteiger partial charge on any atom is 0.308 e. The fourth-order valence-electron chi connectivity index (χ4n) is 2.70. The fraction of sp³-hybridized carbons (Fsp3) is 0.381. The Bertz CT molecular complexity index is 847. The van der Waals surface area contributed by atoms with Crippen molar-refractivity contribution >= 4 is 16.0 Å². The fourth-order valence-corrected chi connectivity index (χ4v) is 3.21. The van der Waals surface area contributed by atoms with Crippen molar-refractivity contribution in [2.75, 3.05) is 5.75 Å². The Balaban J connectivity index is 2.06. The number of carbonyl (C=O) groups excluding carboxylic acids is 1. The topological polar surface area (TPSA) is 63.7 Å². The molecule has 2 aromatic carbocycles. The van der Waals surface area contributed by atoms with Gasteiger partial charge in [-0.05, 0) is 50.5 Å². The Morgan fingerprint density at radius 2 is 1.70 bits per heavy atom. The van der Waals surface area contributed by atoms with Crippen LogP contribution in [0.25, 0.3) is 0 Å². The van der Waals surface area contributed by atoms with Crippen LogP contribution in [0.4, 0.5) is 0 Å². The molecule has 0 unspecified atom stereocenters. The molecule has 27 heavy (non-hydrogen) atoms. The van der Waals surface area contributed by atoms with Gasteiger partial charge in [0.25, 0.3) is 0 Å². The summed E-state index contributed by atoms with van der Waals surface area (Å²) in [6, 6.07) is 16.8. The molecule has 0 aliphatic heterocycles. The summed E-state index contributed by atoms with van der Waals surface area (Å²) in [5.41, 5.74) is 1.97. The van der Waals surface area contributed by atoms with E-state index in [1.54, 1.807) is 23.1 Å². The maximum absolute atomic E-state index is 12.7. The lowest BCUT2D eigenvalue weighted by atomic mass is 10.1. The highest BCUT2D eigenvalue weighted by molar-refractivity contribution is 7.87. The summed E-state index contributed by atoms with van der Waals surface area (Å²) >= 11 is 0. The van der Waals surface area contributed by atoms with E-state index in [-0.39, 0.29) is 23.5 Å². The van der Waals surface area contributed by atoms with Crippen LogP contribution < -0.4 is 4.18 Å². The van der Waals surface area contributed by atoms with Gasteiger partial charge in [-0.25, -0.2) is 0 Å². The molecule has 0 aromatic heterocycles. The number of carbonyl (C=O) groups is 1. The monoisotopic (exact) mass is 389 g/mol. The third-order valence-electron chi connectivity index (χ3n) is 4.24. The van der Waals surface area contributed by atoms with Gasteiger partial charge in [0.1, 0.15) is 5.75 Å². The van der Waals surface area contributed by atoms with Crippen LogP contribution in [0, 0.1) is 0 Å². The zero-order valence-corrected chi connectivity index (χ0v) is 16.9. The van der Waals surface area contributed by atoms with E-state index in [2.05, 4.69) is 0 Å². The summed E-state index contributed by atoms with van der Waals surface area (Å²) in [7, 11) is -3.57. The van der Waals surface area contributed by atoms with Crippen LogP contribution in [0.2, 0.25) is 0 Å². The van der Waals surface area contributed by atoms with E-state index < -0.39 is 10.1 Å². The molecular weight excluding hydrogens is 362 g/mol. The third kappa shape index (κ3) is 6.71. The van der Waals surface area contributed by atoms with E-state index in [0.29, 0.717) is 19.4 Å². The number of hydrogen-bond acceptors (Lipinski definition) is 4. The molecule has 5 nitrogen and oxygen atoms in total. The molecule has 1 amide bonds. The van der Waals surface area contributed by atoms with Crippen LogP contribution in [-0.4, -0.2) is 31.0 Å². The summed E-state index contributed by atoms with van der Waals surface area (Å²) in [5, 5.41) is 0. The molecule has 0 radical (unpaired) electrons. The van der Waals surface area contributed by atoms with Gasteiger partial charge in [0.05, 0.1) is 5.75 Å². The van der Waals surface area contributed by atoms with Gasteiger partial charge < -0.3 is 9.08 Å². The average Bonchev–Trinajstić information content (AvgIpc) is 2.65. The predicted octanol–water partition coefficient (Wildman–Crippen LogP) is 3.78. The summed E-state index contributed by atoms with van der Waals surface area (Å²) in [4.78, 5) is 14.5. The molecule has 2 rings (SSSR count). The molecule has 0 aliphatic rings. The highest BCUT2D eigenvalue weighted by Gasteiger charge is 2.18. The second-order valence-corrected chi connectivity index (χ2v) is 8.54. The Morgan fingerprint density at radius 3 is 2.33 bits per heavy atom. The highest BCUT2D eigenvalue weighted by atomic mass is 32.2. The molecule has 0 saturated carbocycles. The molecule has 0 fully saturated rings. The summed E-state index contributed by atoms with van der Waals surface area (Å²) in [6.07, 6.45) is 1.13. The van der Waals surface area contributed by atoms with Crippen molar-refractivity contribution in [3.63, 3.8) is 0 Å². The summed E-state index contributed by atoms with van der Waals surface area (Å²) in [5.74, 6) is 0.254. The minimum Gasteiger partial charge on any atom is -0.382 e. The van der Waals surface area contributed by atoms with Gasteiger partial charge in [-0.1, -0.05) is 42.5 Å². The molecule has 0 N–H and O–H groups in total. The van der Waals surface area contributed by atoms with Crippen LogP contribution in [0.15, 0.2) is 54.6 Å². The smallest absolute Gasteiger partial charge is 0.308 e. The largest absolute Gasteiger partial charge is 0.382 e. The molecule has 0 aliphatic carbocycles. The first-order valence-electron chi connectivity index (χ1n) is 9.15. The first kappa shape index (κ1) is 21.0. The van der Waals surface area contributed by atoms with E-state index in [1.807, 2.05) is 50.2 Å². The maximum atomic E-state index is 12.7. The molecular formula is C21H27NO4S. The number of nitrogens with zero attached hydrogens (tertiary/aromatic N) is 1. The van der Waals surface area contributed by atoms with Gasteiger partial charge in [-0.15, -0.1) is 0 Å². The summed E-state index contributed by atoms with van der Waals surface area (Å²) in [6.45, 7) is 5.89. The number of hydrogen-bond donors (Lipinski definition) is 0. The molecule has 146 valence electrons.